The van der Waals surface area contributed by atoms with Gasteiger partial charge in [-0.2, -0.15) is 0 Å². The largest absolute Gasteiger partial charge is 0.478 e. The fraction of sp³-hybridized carbons (Fsp3) is 0.182. The van der Waals surface area contributed by atoms with Crippen molar-refractivity contribution in [2.75, 3.05) is 11.9 Å². The van der Waals surface area contributed by atoms with Gasteiger partial charge in [-0.3, -0.25) is 0 Å². The highest BCUT2D eigenvalue weighted by Crippen LogP contribution is 2.19. The minimum absolute atomic E-state index is 0.269. The van der Waals surface area contributed by atoms with E-state index in [1.54, 1.807) is 12.1 Å². The molecule has 0 aromatic heterocycles. The predicted octanol–water partition coefficient (Wildman–Crippen LogP) is 3.14. The number of anilines is 1. The average molecular weight is 270 g/mol. The highest BCUT2D eigenvalue weighted by Gasteiger charge is 2.05. The SMILES string of the molecule is C=CCCNc1cc(Br)cc(C(=O)O)c1. The number of hydrogen-bond acceptors (Lipinski definition) is 2. The van der Waals surface area contributed by atoms with Gasteiger partial charge in [0, 0.05) is 16.7 Å². The molecule has 0 bridgehead atoms. The van der Waals surface area contributed by atoms with Gasteiger partial charge >= 0.3 is 5.97 Å². The highest BCUT2D eigenvalue weighted by atomic mass is 79.9. The molecule has 0 atom stereocenters. The summed E-state index contributed by atoms with van der Waals surface area (Å²) in [5.41, 5.74) is 1.06. The van der Waals surface area contributed by atoms with Crippen LogP contribution in [0, 0.1) is 0 Å². The number of carboxylic acids is 1. The third-order valence-electron chi connectivity index (χ3n) is 1.82. The first-order valence-electron chi connectivity index (χ1n) is 4.52. The second kappa shape index (κ2) is 5.56. The monoisotopic (exact) mass is 269 g/mol. The van der Waals surface area contributed by atoms with Crippen LogP contribution in [0.5, 0.6) is 0 Å². The van der Waals surface area contributed by atoms with Gasteiger partial charge in [0.1, 0.15) is 0 Å². The van der Waals surface area contributed by atoms with E-state index in [0.717, 1.165) is 23.1 Å². The van der Waals surface area contributed by atoms with E-state index in [1.165, 1.54) is 0 Å². The first-order valence-corrected chi connectivity index (χ1v) is 5.31. The minimum atomic E-state index is -0.928. The molecule has 0 saturated heterocycles. The first-order chi connectivity index (χ1) is 7.13. The summed E-state index contributed by atoms with van der Waals surface area (Å²) in [6.45, 7) is 4.36. The zero-order valence-corrected chi connectivity index (χ0v) is 9.75. The van der Waals surface area contributed by atoms with E-state index in [0.29, 0.717) is 0 Å². The van der Waals surface area contributed by atoms with Crippen LogP contribution in [-0.2, 0) is 0 Å². The normalized spacial score (nSPS) is 9.67. The van der Waals surface area contributed by atoms with Crippen molar-refractivity contribution in [2.45, 2.75) is 6.42 Å². The van der Waals surface area contributed by atoms with Gasteiger partial charge in [-0.05, 0) is 24.6 Å². The molecule has 0 heterocycles. The van der Waals surface area contributed by atoms with Crippen molar-refractivity contribution in [1.29, 1.82) is 0 Å². The van der Waals surface area contributed by atoms with Gasteiger partial charge in [0.05, 0.1) is 5.56 Å². The number of hydrogen-bond donors (Lipinski definition) is 2. The fourth-order valence-electron chi connectivity index (χ4n) is 1.13. The Bertz CT molecular complexity index is 377. The molecule has 0 unspecified atom stereocenters. The van der Waals surface area contributed by atoms with E-state index in [4.69, 9.17) is 5.11 Å². The van der Waals surface area contributed by atoms with Gasteiger partial charge in [0.25, 0.3) is 0 Å². The molecule has 4 heteroatoms. The summed E-state index contributed by atoms with van der Waals surface area (Å²) < 4.78 is 0.753. The third kappa shape index (κ3) is 3.75. The van der Waals surface area contributed by atoms with Crippen molar-refractivity contribution in [3.8, 4) is 0 Å². The van der Waals surface area contributed by atoms with Crippen LogP contribution in [0.25, 0.3) is 0 Å². The summed E-state index contributed by atoms with van der Waals surface area (Å²) in [6, 6.07) is 5.02. The lowest BCUT2D eigenvalue weighted by atomic mass is 10.2. The van der Waals surface area contributed by atoms with E-state index >= 15 is 0 Å². The Balaban J connectivity index is 2.79. The molecule has 0 fully saturated rings. The van der Waals surface area contributed by atoms with Gasteiger partial charge < -0.3 is 10.4 Å². The molecular formula is C11H12BrNO2. The van der Waals surface area contributed by atoms with E-state index in [2.05, 4.69) is 27.8 Å². The summed E-state index contributed by atoms with van der Waals surface area (Å²) in [5, 5.41) is 12.0. The van der Waals surface area contributed by atoms with E-state index in [-0.39, 0.29) is 5.56 Å². The maximum absolute atomic E-state index is 10.8. The van der Waals surface area contributed by atoms with Crippen LogP contribution in [0.1, 0.15) is 16.8 Å². The standard InChI is InChI=1S/C11H12BrNO2/c1-2-3-4-13-10-6-8(11(14)15)5-9(12)7-10/h2,5-7,13H,1,3-4H2,(H,14,15). The average Bonchev–Trinajstić information content (AvgIpc) is 2.17. The zero-order valence-electron chi connectivity index (χ0n) is 8.16. The van der Waals surface area contributed by atoms with Crippen molar-refractivity contribution < 1.29 is 9.90 Å². The smallest absolute Gasteiger partial charge is 0.335 e. The van der Waals surface area contributed by atoms with Crippen molar-refractivity contribution in [3.05, 3.63) is 40.9 Å². The molecule has 0 amide bonds. The molecule has 1 rings (SSSR count). The number of aromatic carboxylic acids is 1. The molecule has 2 N–H and O–H groups in total. The molecule has 80 valence electrons. The number of carboxylic acid groups (broad SMARTS) is 1. The molecule has 0 aliphatic rings. The van der Waals surface area contributed by atoms with Gasteiger partial charge in [0.15, 0.2) is 0 Å². The van der Waals surface area contributed by atoms with Crippen LogP contribution < -0.4 is 5.32 Å². The van der Waals surface area contributed by atoms with Crippen molar-refractivity contribution in [1.82, 2.24) is 0 Å². The second-order valence-electron chi connectivity index (χ2n) is 3.04. The summed E-state index contributed by atoms with van der Waals surface area (Å²) in [4.78, 5) is 10.8. The molecule has 0 aliphatic carbocycles. The van der Waals surface area contributed by atoms with E-state index < -0.39 is 5.97 Å². The lowest BCUT2D eigenvalue weighted by molar-refractivity contribution is 0.0697. The van der Waals surface area contributed by atoms with Crippen LogP contribution in [0.15, 0.2) is 35.3 Å². The Morgan fingerprint density at radius 3 is 2.87 bits per heavy atom. The summed E-state index contributed by atoms with van der Waals surface area (Å²) in [7, 11) is 0. The molecule has 0 aliphatic heterocycles. The quantitative estimate of drug-likeness (QED) is 0.638. The molecule has 3 nitrogen and oxygen atoms in total. The van der Waals surface area contributed by atoms with Crippen molar-refractivity contribution in [2.24, 2.45) is 0 Å². The van der Waals surface area contributed by atoms with Gasteiger partial charge in [-0.1, -0.05) is 22.0 Å². The first kappa shape index (κ1) is 11.8. The number of rotatable bonds is 5. The molecule has 1 aromatic carbocycles. The number of benzene rings is 1. The maximum atomic E-state index is 10.8. The van der Waals surface area contributed by atoms with E-state index in [1.807, 2.05) is 12.1 Å². The summed E-state index contributed by atoms with van der Waals surface area (Å²) >= 11 is 3.27. The maximum Gasteiger partial charge on any atom is 0.335 e. The molecular weight excluding hydrogens is 258 g/mol. The van der Waals surface area contributed by atoms with Crippen LogP contribution in [0.2, 0.25) is 0 Å². The number of carbonyl (C=O) groups is 1. The van der Waals surface area contributed by atoms with Crippen LogP contribution in [-0.4, -0.2) is 17.6 Å². The number of halogens is 1. The molecule has 0 spiro atoms. The van der Waals surface area contributed by atoms with E-state index in [9.17, 15) is 4.79 Å². The lowest BCUT2D eigenvalue weighted by Crippen LogP contribution is -2.02. The molecule has 15 heavy (non-hydrogen) atoms. The van der Waals surface area contributed by atoms with Crippen molar-refractivity contribution >= 4 is 27.6 Å². The summed E-state index contributed by atoms with van der Waals surface area (Å²) in [5.74, 6) is -0.928. The summed E-state index contributed by atoms with van der Waals surface area (Å²) in [6.07, 6.45) is 2.65. The zero-order chi connectivity index (χ0) is 11.3. The Kier molecular flexibility index (Phi) is 4.37. The lowest BCUT2D eigenvalue weighted by Gasteiger charge is -2.06. The van der Waals surface area contributed by atoms with Crippen LogP contribution >= 0.6 is 15.9 Å². The number of nitrogens with one attached hydrogen (secondary N) is 1. The molecule has 1 aromatic rings. The topological polar surface area (TPSA) is 49.3 Å². The van der Waals surface area contributed by atoms with Gasteiger partial charge in [-0.25, -0.2) is 4.79 Å². The highest BCUT2D eigenvalue weighted by molar-refractivity contribution is 9.10. The fourth-order valence-corrected chi connectivity index (χ4v) is 1.63. The van der Waals surface area contributed by atoms with Crippen LogP contribution in [0.4, 0.5) is 5.69 Å². The van der Waals surface area contributed by atoms with Gasteiger partial charge in [0.2, 0.25) is 0 Å². The predicted molar refractivity (Wildman–Crippen MR) is 64.4 cm³/mol. The second-order valence-corrected chi connectivity index (χ2v) is 3.95. The minimum Gasteiger partial charge on any atom is -0.478 e. The molecule has 0 saturated carbocycles. The van der Waals surface area contributed by atoms with Crippen molar-refractivity contribution in [3.63, 3.8) is 0 Å². The Labute approximate surface area is 96.9 Å². The van der Waals surface area contributed by atoms with Crippen LogP contribution in [0.3, 0.4) is 0 Å². The third-order valence-corrected chi connectivity index (χ3v) is 2.28. The molecule has 0 radical (unpaired) electrons. The Morgan fingerprint density at radius 2 is 2.27 bits per heavy atom. The van der Waals surface area contributed by atoms with Gasteiger partial charge in [-0.15, -0.1) is 6.58 Å². The Hall–Kier alpha value is -1.29. The Morgan fingerprint density at radius 1 is 1.53 bits per heavy atom.